The van der Waals surface area contributed by atoms with Gasteiger partial charge in [0.2, 0.25) is 0 Å². The molecule has 2 rings (SSSR count). The Morgan fingerprint density at radius 2 is 1.85 bits per heavy atom. The van der Waals surface area contributed by atoms with Crippen molar-refractivity contribution in [3.8, 4) is 0 Å². The van der Waals surface area contributed by atoms with Crippen LogP contribution in [0.2, 0.25) is 5.02 Å². The molecule has 0 saturated carbocycles. The summed E-state index contributed by atoms with van der Waals surface area (Å²) in [6.45, 7) is 0.585. The van der Waals surface area contributed by atoms with Gasteiger partial charge in [-0.15, -0.1) is 0 Å². The molecule has 0 aromatic heterocycles. The van der Waals surface area contributed by atoms with E-state index in [1.165, 1.54) is 6.07 Å². The van der Waals surface area contributed by atoms with Gasteiger partial charge < -0.3 is 10.4 Å². The van der Waals surface area contributed by atoms with Crippen molar-refractivity contribution in [1.82, 2.24) is 5.32 Å². The van der Waals surface area contributed by atoms with Gasteiger partial charge in [-0.3, -0.25) is 0 Å². The molecule has 4 heteroatoms. The zero-order valence-electron chi connectivity index (χ0n) is 11.0. The van der Waals surface area contributed by atoms with Crippen LogP contribution in [0, 0.1) is 5.82 Å². The average molecular weight is 294 g/mol. The molecule has 0 aliphatic heterocycles. The SMILES string of the molecule is OC[C@H](Cc1ccccc1)NCc1ccc(F)c(Cl)c1. The van der Waals surface area contributed by atoms with Gasteiger partial charge in [0.1, 0.15) is 5.82 Å². The Morgan fingerprint density at radius 1 is 1.10 bits per heavy atom. The monoisotopic (exact) mass is 293 g/mol. The number of aliphatic hydroxyl groups is 1. The molecule has 0 fully saturated rings. The van der Waals surface area contributed by atoms with E-state index in [2.05, 4.69) is 5.32 Å². The molecule has 0 spiro atoms. The largest absolute Gasteiger partial charge is 0.395 e. The van der Waals surface area contributed by atoms with Gasteiger partial charge in [0.05, 0.1) is 11.6 Å². The van der Waals surface area contributed by atoms with Crippen LogP contribution in [0.3, 0.4) is 0 Å². The average Bonchev–Trinajstić information content (AvgIpc) is 2.48. The highest BCUT2D eigenvalue weighted by Crippen LogP contribution is 2.16. The van der Waals surface area contributed by atoms with Gasteiger partial charge in [-0.1, -0.05) is 48.0 Å². The molecule has 2 aromatic carbocycles. The van der Waals surface area contributed by atoms with E-state index in [0.717, 1.165) is 17.5 Å². The molecule has 0 bridgehead atoms. The fourth-order valence-corrected chi connectivity index (χ4v) is 2.21. The minimum absolute atomic E-state index is 0.0405. The van der Waals surface area contributed by atoms with Crippen LogP contribution in [0.4, 0.5) is 4.39 Å². The molecule has 2 N–H and O–H groups in total. The summed E-state index contributed by atoms with van der Waals surface area (Å²) in [7, 11) is 0. The van der Waals surface area contributed by atoms with Gasteiger partial charge in [-0.25, -0.2) is 4.39 Å². The van der Waals surface area contributed by atoms with Crippen LogP contribution in [0.15, 0.2) is 48.5 Å². The second-order valence-corrected chi connectivity index (χ2v) is 5.11. The molecule has 0 unspecified atom stereocenters. The topological polar surface area (TPSA) is 32.3 Å². The van der Waals surface area contributed by atoms with E-state index < -0.39 is 5.82 Å². The molecule has 2 aromatic rings. The normalized spacial score (nSPS) is 12.3. The first kappa shape index (κ1) is 15.0. The van der Waals surface area contributed by atoms with Crippen LogP contribution in [0.5, 0.6) is 0 Å². The molecule has 0 aliphatic rings. The molecule has 0 radical (unpaired) electrons. The Morgan fingerprint density at radius 3 is 2.50 bits per heavy atom. The predicted molar refractivity (Wildman–Crippen MR) is 79.3 cm³/mol. The molecule has 106 valence electrons. The molecule has 20 heavy (non-hydrogen) atoms. The third kappa shape index (κ3) is 4.30. The maximum absolute atomic E-state index is 13.1. The Kier molecular flexibility index (Phi) is 5.53. The number of aliphatic hydroxyl groups excluding tert-OH is 1. The molecule has 0 heterocycles. The van der Waals surface area contributed by atoms with E-state index in [4.69, 9.17) is 11.6 Å². The lowest BCUT2D eigenvalue weighted by Gasteiger charge is -2.16. The minimum atomic E-state index is -0.418. The van der Waals surface area contributed by atoms with Crippen molar-refractivity contribution < 1.29 is 9.50 Å². The predicted octanol–water partition coefficient (Wildman–Crippen LogP) is 3.17. The van der Waals surface area contributed by atoms with E-state index in [1.807, 2.05) is 30.3 Å². The molecule has 0 saturated heterocycles. The van der Waals surface area contributed by atoms with E-state index >= 15 is 0 Å². The molecule has 2 nitrogen and oxygen atoms in total. The fourth-order valence-electron chi connectivity index (χ4n) is 2.01. The molecule has 1 atom stereocenters. The lowest BCUT2D eigenvalue weighted by atomic mass is 10.1. The maximum atomic E-state index is 13.1. The maximum Gasteiger partial charge on any atom is 0.141 e. The van der Waals surface area contributed by atoms with Crippen molar-refractivity contribution in [2.24, 2.45) is 0 Å². The number of hydrogen-bond donors (Lipinski definition) is 2. The van der Waals surface area contributed by atoms with Gasteiger partial charge >= 0.3 is 0 Å². The summed E-state index contributed by atoms with van der Waals surface area (Å²) in [4.78, 5) is 0. The van der Waals surface area contributed by atoms with Crippen molar-refractivity contribution >= 4 is 11.6 Å². The summed E-state index contributed by atoms with van der Waals surface area (Å²) < 4.78 is 13.1. The highest BCUT2D eigenvalue weighted by molar-refractivity contribution is 6.30. The Hall–Kier alpha value is -1.42. The Balaban J connectivity index is 1.92. The van der Waals surface area contributed by atoms with Crippen molar-refractivity contribution in [3.05, 3.63) is 70.5 Å². The number of rotatable bonds is 6. The highest BCUT2D eigenvalue weighted by Gasteiger charge is 2.08. The summed E-state index contributed by atoms with van der Waals surface area (Å²) in [6, 6.07) is 14.6. The number of halogens is 2. The Bertz CT molecular complexity index is 547. The van der Waals surface area contributed by atoms with Crippen LogP contribution >= 0.6 is 11.6 Å². The fraction of sp³-hybridized carbons (Fsp3) is 0.250. The first-order valence-electron chi connectivity index (χ1n) is 6.51. The highest BCUT2D eigenvalue weighted by atomic mass is 35.5. The first-order chi connectivity index (χ1) is 9.69. The summed E-state index contributed by atoms with van der Waals surface area (Å²) in [5, 5.41) is 12.8. The summed E-state index contributed by atoms with van der Waals surface area (Å²) >= 11 is 5.74. The Labute approximate surface area is 123 Å². The smallest absolute Gasteiger partial charge is 0.141 e. The van der Waals surface area contributed by atoms with Gasteiger partial charge in [-0.2, -0.15) is 0 Å². The van der Waals surface area contributed by atoms with Crippen molar-refractivity contribution in [2.75, 3.05) is 6.61 Å². The van der Waals surface area contributed by atoms with Crippen LogP contribution in [0.25, 0.3) is 0 Å². The summed E-state index contributed by atoms with van der Waals surface area (Å²) in [6.07, 6.45) is 0.742. The second-order valence-electron chi connectivity index (χ2n) is 4.70. The molecule has 0 aliphatic carbocycles. The van der Waals surface area contributed by atoms with Crippen molar-refractivity contribution in [2.45, 2.75) is 19.0 Å². The third-order valence-electron chi connectivity index (χ3n) is 3.12. The lowest BCUT2D eigenvalue weighted by Crippen LogP contribution is -2.34. The van der Waals surface area contributed by atoms with Crippen LogP contribution in [-0.4, -0.2) is 17.8 Å². The number of hydrogen-bond acceptors (Lipinski definition) is 2. The minimum Gasteiger partial charge on any atom is -0.395 e. The lowest BCUT2D eigenvalue weighted by molar-refractivity contribution is 0.241. The standard InChI is InChI=1S/C16H17ClFNO/c17-15-9-13(6-7-16(15)18)10-19-14(11-20)8-12-4-2-1-3-5-12/h1-7,9,14,19-20H,8,10-11H2/t14-/m0/s1. The van der Waals surface area contributed by atoms with Crippen molar-refractivity contribution in [3.63, 3.8) is 0 Å². The summed E-state index contributed by atoms with van der Waals surface area (Å²) in [5.74, 6) is -0.418. The van der Waals surface area contributed by atoms with E-state index in [0.29, 0.717) is 6.54 Å². The van der Waals surface area contributed by atoms with Crippen molar-refractivity contribution in [1.29, 1.82) is 0 Å². The quantitative estimate of drug-likeness (QED) is 0.857. The van der Waals surface area contributed by atoms with E-state index in [1.54, 1.807) is 12.1 Å². The molecular weight excluding hydrogens is 277 g/mol. The third-order valence-corrected chi connectivity index (χ3v) is 3.41. The van der Waals surface area contributed by atoms with Gasteiger partial charge in [0, 0.05) is 12.6 Å². The van der Waals surface area contributed by atoms with Gasteiger partial charge in [-0.05, 0) is 29.7 Å². The van der Waals surface area contributed by atoms with E-state index in [-0.39, 0.29) is 17.7 Å². The molecule has 0 amide bonds. The first-order valence-corrected chi connectivity index (χ1v) is 6.89. The summed E-state index contributed by atoms with van der Waals surface area (Å²) in [5.41, 5.74) is 2.05. The number of benzene rings is 2. The van der Waals surface area contributed by atoms with Gasteiger partial charge in [0.15, 0.2) is 0 Å². The van der Waals surface area contributed by atoms with Crippen LogP contribution < -0.4 is 5.32 Å². The number of nitrogens with one attached hydrogen (secondary N) is 1. The van der Waals surface area contributed by atoms with E-state index in [9.17, 15) is 9.50 Å². The van der Waals surface area contributed by atoms with Gasteiger partial charge in [0.25, 0.3) is 0 Å². The van der Waals surface area contributed by atoms with Crippen LogP contribution in [0.1, 0.15) is 11.1 Å². The zero-order valence-corrected chi connectivity index (χ0v) is 11.8. The van der Waals surface area contributed by atoms with Crippen LogP contribution in [-0.2, 0) is 13.0 Å². The second kappa shape index (κ2) is 7.39. The zero-order chi connectivity index (χ0) is 14.4. The molecular formula is C16H17ClFNO.